The Labute approximate surface area is 88.7 Å². The molecule has 1 saturated heterocycles. The minimum atomic E-state index is -0.674. The zero-order valence-corrected chi connectivity index (χ0v) is 8.86. The summed E-state index contributed by atoms with van der Waals surface area (Å²) in [7, 11) is 1.54. The molecule has 2 rings (SSSR count). The molecule has 0 bridgehead atoms. The van der Waals surface area contributed by atoms with Gasteiger partial charge in [0.25, 0.3) is 0 Å². The van der Waals surface area contributed by atoms with Gasteiger partial charge >= 0.3 is 0 Å². The summed E-state index contributed by atoms with van der Waals surface area (Å²) < 4.78 is 0. The van der Waals surface area contributed by atoms with Crippen LogP contribution in [0.25, 0.3) is 0 Å². The number of rotatable bonds is 1. The van der Waals surface area contributed by atoms with Gasteiger partial charge in [0.05, 0.1) is 5.41 Å². The lowest BCUT2D eigenvalue weighted by molar-refractivity contribution is -0.138. The van der Waals surface area contributed by atoms with Crippen LogP contribution in [0.1, 0.15) is 18.9 Å². The van der Waals surface area contributed by atoms with Crippen LogP contribution >= 0.6 is 0 Å². The van der Waals surface area contributed by atoms with E-state index in [2.05, 4.69) is 0 Å². The lowest BCUT2D eigenvalue weighted by atomic mass is 9.81. The van der Waals surface area contributed by atoms with E-state index in [0.717, 1.165) is 5.56 Å². The van der Waals surface area contributed by atoms with Crippen molar-refractivity contribution in [2.24, 2.45) is 0 Å². The summed E-state index contributed by atoms with van der Waals surface area (Å²) in [6.07, 6.45) is 0.270. The van der Waals surface area contributed by atoms with E-state index in [1.54, 1.807) is 7.05 Å². The van der Waals surface area contributed by atoms with E-state index < -0.39 is 5.41 Å². The fourth-order valence-corrected chi connectivity index (χ4v) is 2.01. The van der Waals surface area contributed by atoms with Crippen LogP contribution in [-0.4, -0.2) is 23.8 Å². The highest BCUT2D eigenvalue weighted by Gasteiger charge is 2.47. The van der Waals surface area contributed by atoms with Gasteiger partial charge in [-0.3, -0.25) is 14.5 Å². The number of hydrogen-bond acceptors (Lipinski definition) is 2. The monoisotopic (exact) mass is 203 g/mol. The average Bonchev–Trinajstić information content (AvgIpc) is 2.45. The molecule has 3 heteroatoms. The minimum Gasteiger partial charge on any atom is -0.285 e. The van der Waals surface area contributed by atoms with Gasteiger partial charge in [0, 0.05) is 13.5 Å². The summed E-state index contributed by atoms with van der Waals surface area (Å²) in [6, 6.07) is 9.46. The highest BCUT2D eigenvalue weighted by Crippen LogP contribution is 2.35. The van der Waals surface area contributed by atoms with Crippen LogP contribution in [0.5, 0.6) is 0 Å². The molecule has 3 nitrogen and oxygen atoms in total. The van der Waals surface area contributed by atoms with Crippen LogP contribution in [0.15, 0.2) is 30.3 Å². The van der Waals surface area contributed by atoms with Crippen molar-refractivity contribution in [3.05, 3.63) is 35.9 Å². The molecular weight excluding hydrogens is 190 g/mol. The molecule has 1 atom stereocenters. The molecule has 1 aliphatic heterocycles. The Morgan fingerprint density at radius 1 is 1.20 bits per heavy atom. The Bertz CT molecular complexity index is 413. The lowest BCUT2D eigenvalue weighted by Gasteiger charge is -2.21. The summed E-state index contributed by atoms with van der Waals surface area (Å²) in [5.41, 5.74) is 0.236. The first kappa shape index (κ1) is 9.90. The normalized spacial score (nSPS) is 26.1. The highest BCUT2D eigenvalue weighted by atomic mass is 16.2. The van der Waals surface area contributed by atoms with E-state index in [1.807, 2.05) is 37.3 Å². The summed E-state index contributed by atoms with van der Waals surface area (Å²) in [5.74, 6) is -0.218. The number of imide groups is 1. The number of carbonyl (C=O) groups excluding carboxylic acids is 2. The molecule has 0 radical (unpaired) electrons. The number of hydrogen-bond donors (Lipinski definition) is 0. The fraction of sp³-hybridized carbons (Fsp3) is 0.333. The van der Waals surface area contributed by atoms with Gasteiger partial charge in [-0.1, -0.05) is 30.3 Å². The van der Waals surface area contributed by atoms with Crippen molar-refractivity contribution in [3.63, 3.8) is 0 Å². The molecule has 2 amide bonds. The molecule has 0 spiro atoms. The molecule has 1 fully saturated rings. The number of likely N-dealkylation sites (N-methyl/N-ethyl adjacent to an activating group) is 1. The Kier molecular flexibility index (Phi) is 2.11. The van der Waals surface area contributed by atoms with Gasteiger partial charge in [-0.15, -0.1) is 0 Å². The van der Waals surface area contributed by atoms with Crippen molar-refractivity contribution in [1.29, 1.82) is 0 Å². The number of likely N-dealkylation sites (tertiary alicyclic amines) is 1. The van der Waals surface area contributed by atoms with Gasteiger partial charge in [-0.2, -0.15) is 0 Å². The third-order valence-electron chi connectivity index (χ3n) is 3.07. The fourth-order valence-electron chi connectivity index (χ4n) is 2.01. The molecule has 78 valence electrons. The van der Waals surface area contributed by atoms with Gasteiger partial charge in [0.1, 0.15) is 0 Å². The Hall–Kier alpha value is -1.64. The second-order valence-electron chi connectivity index (χ2n) is 4.13. The molecule has 1 aliphatic rings. The van der Waals surface area contributed by atoms with E-state index in [9.17, 15) is 9.59 Å². The van der Waals surface area contributed by atoms with E-state index in [4.69, 9.17) is 0 Å². The maximum absolute atomic E-state index is 11.9. The third kappa shape index (κ3) is 1.35. The summed E-state index contributed by atoms with van der Waals surface area (Å²) in [6.45, 7) is 1.83. The quantitative estimate of drug-likeness (QED) is 0.646. The van der Waals surface area contributed by atoms with Crippen molar-refractivity contribution in [1.82, 2.24) is 4.90 Å². The van der Waals surface area contributed by atoms with E-state index in [1.165, 1.54) is 4.90 Å². The Morgan fingerprint density at radius 3 is 2.27 bits per heavy atom. The largest absolute Gasteiger partial charge is 0.285 e. The van der Waals surface area contributed by atoms with Crippen LogP contribution in [0.4, 0.5) is 0 Å². The van der Waals surface area contributed by atoms with Crippen LogP contribution < -0.4 is 0 Å². The van der Waals surface area contributed by atoms with Crippen LogP contribution in [-0.2, 0) is 15.0 Å². The van der Waals surface area contributed by atoms with Crippen molar-refractivity contribution in [3.8, 4) is 0 Å². The zero-order chi connectivity index (χ0) is 11.1. The van der Waals surface area contributed by atoms with Gasteiger partial charge in [0.15, 0.2) is 0 Å². The Morgan fingerprint density at radius 2 is 1.80 bits per heavy atom. The zero-order valence-electron chi connectivity index (χ0n) is 8.86. The highest BCUT2D eigenvalue weighted by molar-refractivity contribution is 6.08. The first-order valence-electron chi connectivity index (χ1n) is 4.92. The van der Waals surface area contributed by atoms with E-state index in [-0.39, 0.29) is 18.2 Å². The SMILES string of the molecule is CN1C(=O)C[C@](C)(c2ccccc2)C1=O. The molecular formula is C12H13NO2. The van der Waals surface area contributed by atoms with Gasteiger partial charge in [-0.05, 0) is 12.5 Å². The average molecular weight is 203 g/mol. The van der Waals surface area contributed by atoms with E-state index >= 15 is 0 Å². The molecule has 0 aliphatic carbocycles. The lowest BCUT2D eigenvalue weighted by Crippen LogP contribution is -2.33. The molecule has 15 heavy (non-hydrogen) atoms. The second kappa shape index (κ2) is 3.19. The van der Waals surface area contributed by atoms with Crippen molar-refractivity contribution in [2.45, 2.75) is 18.8 Å². The van der Waals surface area contributed by atoms with Gasteiger partial charge in [-0.25, -0.2) is 0 Å². The maximum atomic E-state index is 11.9. The van der Waals surface area contributed by atoms with Crippen molar-refractivity contribution < 1.29 is 9.59 Å². The number of amides is 2. The number of nitrogens with zero attached hydrogens (tertiary/aromatic N) is 1. The first-order chi connectivity index (χ1) is 7.05. The summed E-state index contributed by atoms with van der Waals surface area (Å²) in [4.78, 5) is 24.6. The van der Waals surface area contributed by atoms with Crippen molar-refractivity contribution in [2.75, 3.05) is 7.05 Å². The molecule has 0 unspecified atom stereocenters. The number of carbonyl (C=O) groups is 2. The van der Waals surface area contributed by atoms with E-state index in [0.29, 0.717) is 0 Å². The second-order valence-corrected chi connectivity index (χ2v) is 4.13. The van der Waals surface area contributed by atoms with Gasteiger partial charge < -0.3 is 0 Å². The van der Waals surface area contributed by atoms with Crippen molar-refractivity contribution >= 4 is 11.8 Å². The first-order valence-corrected chi connectivity index (χ1v) is 4.92. The standard InChI is InChI=1S/C12H13NO2/c1-12(9-6-4-3-5-7-9)8-10(14)13(2)11(12)15/h3-7H,8H2,1-2H3/t12-/m1/s1. The van der Waals surface area contributed by atoms with Crippen LogP contribution in [0.2, 0.25) is 0 Å². The molecule has 1 heterocycles. The smallest absolute Gasteiger partial charge is 0.239 e. The molecule has 1 aromatic carbocycles. The molecule has 0 N–H and O–H groups in total. The van der Waals surface area contributed by atoms with Gasteiger partial charge in [0.2, 0.25) is 11.8 Å². The summed E-state index contributed by atoms with van der Waals surface area (Å²) >= 11 is 0. The minimum absolute atomic E-state index is 0.105. The molecule has 1 aromatic rings. The maximum Gasteiger partial charge on any atom is 0.239 e. The molecule has 0 aromatic heterocycles. The Balaban J connectivity index is 2.45. The predicted molar refractivity (Wildman–Crippen MR) is 56.2 cm³/mol. The summed E-state index contributed by atoms with van der Waals surface area (Å²) in [5, 5.41) is 0. The van der Waals surface area contributed by atoms with Crippen LogP contribution in [0, 0.1) is 0 Å². The van der Waals surface area contributed by atoms with Crippen LogP contribution in [0.3, 0.4) is 0 Å². The predicted octanol–water partition coefficient (Wildman–Crippen LogP) is 1.33. The third-order valence-corrected chi connectivity index (χ3v) is 3.07. The number of benzene rings is 1. The molecule has 0 saturated carbocycles. The topological polar surface area (TPSA) is 37.4 Å².